The first-order valence-electron chi connectivity index (χ1n) is 5.81. The van der Waals surface area contributed by atoms with Crippen molar-refractivity contribution < 1.29 is 22.8 Å². The molecule has 0 aliphatic heterocycles. The normalized spacial score (nSPS) is 11.1. The first kappa shape index (κ1) is 16.2. The quantitative estimate of drug-likeness (QED) is 0.441. The van der Waals surface area contributed by atoms with Crippen LogP contribution >= 0.6 is 0 Å². The number of nitrogens with one attached hydrogen (secondary N) is 1. The second-order valence-electron chi connectivity index (χ2n) is 3.83. The Morgan fingerprint density at radius 2 is 2.05 bits per heavy atom. The van der Waals surface area contributed by atoms with Gasteiger partial charge in [-0.05, 0) is 13.0 Å². The van der Waals surface area contributed by atoms with Crippen LogP contribution in [0.2, 0.25) is 0 Å². The molecule has 1 aromatic carbocycles. The largest absolute Gasteiger partial charge is 0.489 e. The fourth-order valence-corrected chi connectivity index (χ4v) is 2.01. The summed E-state index contributed by atoms with van der Waals surface area (Å²) >= 11 is 0. The molecule has 20 heavy (non-hydrogen) atoms. The summed E-state index contributed by atoms with van der Waals surface area (Å²) in [5.74, 6) is 0.0873. The molecular weight excluding hydrogens is 288 g/mol. The molecular formula is C11H16N2O6S. The third-order valence-corrected chi connectivity index (χ3v) is 2.75. The van der Waals surface area contributed by atoms with E-state index >= 15 is 0 Å². The van der Waals surface area contributed by atoms with E-state index in [0.717, 1.165) is 6.26 Å². The smallest absolute Gasteiger partial charge is 0.297 e. The third kappa shape index (κ3) is 5.02. The summed E-state index contributed by atoms with van der Waals surface area (Å²) in [6.07, 6.45) is 0.910. The molecule has 0 saturated heterocycles. The molecule has 1 rings (SSSR count). The van der Waals surface area contributed by atoms with Crippen LogP contribution in [0.15, 0.2) is 18.2 Å². The molecule has 112 valence electrons. The Balaban J connectivity index is 3.03. The van der Waals surface area contributed by atoms with Crippen molar-refractivity contribution in [2.24, 2.45) is 0 Å². The highest BCUT2D eigenvalue weighted by atomic mass is 32.2. The average molecular weight is 304 g/mol. The summed E-state index contributed by atoms with van der Waals surface area (Å²) in [4.78, 5) is 10.2. The molecule has 0 aliphatic carbocycles. The molecule has 0 aromatic heterocycles. The zero-order valence-electron chi connectivity index (χ0n) is 11.2. The van der Waals surface area contributed by atoms with E-state index in [0.29, 0.717) is 13.2 Å². The topological polar surface area (TPSA) is 108 Å². The number of nitro groups is 1. The number of anilines is 1. The van der Waals surface area contributed by atoms with Crippen LogP contribution in [0.4, 0.5) is 11.4 Å². The van der Waals surface area contributed by atoms with Crippen molar-refractivity contribution in [3.63, 3.8) is 0 Å². The van der Waals surface area contributed by atoms with Gasteiger partial charge in [-0.15, -0.1) is 0 Å². The van der Waals surface area contributed by atoms with Crippen LogP contribution in [0.5, 0.6) is 5.75 Å². The van der Waals surface area contributed by atoms with E-state index in [4.69, 9.17) is 9.47 Å². The molecule has 0 heterocycles. The zero-order chi connectivity index (χ0) is 15.2. The van der Waals surface area contributed by atoms with Gasteiger partial charge >= 0.3 is 0 Å². The van der Waals surface area contributed by atoms with E-state index in [1.807, 2.05) is 6.92 Å². The predicted octanol–water partition coefficient (Wildman–Crippen LogP) is 1.38. The Kier molecular flexibility index (Phi) is 5.71. The Morgan fingerprint density at radius 1 is 1.35 bits per heavy atom. The second kappa shape index (κ2) is 7.06. The third-order valence-electron chi connectivity index (χ3n) is 2.18. The van der Waals surface area contributed by atoms with Gasteiger partial charge in [0.05, 0.1) is 17.8 Å². The van der Waals surface area contributed by atoms with Crippen LogP contribution in [-0.2, 0) is 14.8 Å². The van der Waals surface area contributed by atoms with Gasteiger partial charge in [-0.2, -0.15) is 0 Å². The fraction of sp³-hybridized carbons (Fsp3) is 0.455. The Labute approximate surface area is 116 Å². The highest BCUT2D eigenvalue weighted by Gasteiger charge is 2.21. The lowest BCUT2D eigenvalue weighted by Gasteiger charge is -2.12. The molecule has 9 heteroatoms. The monoisotopic (exact) mass is 304 g/mol. The van der Waals surface area contributed by atoms with E-state index in [9.17, 15) is 18.5 Å². The van der Waals surface area contributed by atoms with Gasteiger partial charge in [0.1, 0.15) is 6.61 Å². The number of nitro benzene ring substituents is 1. The molecule has 0 spiro atoms. The molecule has 8 nitrogen and oxygen atoms in total. The minimum atomic E-state index is -3.66. The number of ether oxygens (including phenoxy) is 2. The maximum absolute atomic E-state index is 11.3. The molecule has 1 aromatic rings. The summed E-state index contributed by atoms with van der Waals surface area (Å²) in [7, 11) is -3.66. The zero-order valence-corrected chi connectivity index (χ0v) is 12.0. The van der Waals surface area contributed by atoms with Crippen LogP contribution in [0, 0.1) is 10.1 Å². The van der Waals surface area contributed by atoms with Gasteiger partial charge < -0.3 is 9.47 Å². The molecule has 0 amide bonds. The number of benzene rings is 1. The van der Waals surface area contributed by atoms with Crippen molar-refractivity contribution in [2.45, 2.75) is 6.92 Å². The van der Waals surface area contributed by atoms with E-state index in [1.54, 1.807) is 0 Å². The first-order valence-corrected chi connectivity index (χ1v) is 7.70. The van der Waals surface area contributed by atoms with Crippen LogP contribution in [0.1, 0.15) is 6.92 Å². The van der Waals surface area contributed by atoms with Crippen LogP contribution in [-0.4, -0.2) is 39.4 Å². The number of hydrogen-bond acceptors (Lipinski definition) is 6. The maximum atomic E-state index is 11.3. The van der Waals surface area contributed by atoms with Gasteiger partial charge in [0.2, 0.25) is 10.0 Å². The molecule has 1 N–H and O–H groups in total. The number of sulfonamides is 1. The van der Waals surface area contributed by atoms with Crippen molar-refractivity contribution in [3.8, 4) is 5.75 Å². The predicted molar refractivity (Wildman–Crippen MR) is 73.6 cm³/mol. The molecule has 0 atom stereocenters. The summed E-state index contributed by atoms with van der Waals surface area (Å²) in [5, 5.41) is 10.9. The van der Waals surface area contributed by atoms with Crippen molar-refractivity contribution >= 4 is 21.4 Å². The van der Waals surface area contributed by atoms with E-state index in [1.165, 1.54) is 18.2 Å². The molecule has 0 bridgehead atoms. The number of hydrogen-bond donors (Lipinski definition) is 1. The van der Waals surface area contributed by atoms with Crippen molar-refractivity contribution in [1.29, 1.82) is 0 Å². The summed E-state index contributed by atoms with van der Waals surface area (Å²) in [6, 6.07) is 4.07. The summed E-state index contributed by atoms with van der Waals surface area (Å²) in [6.45, 7) is 2.81. The molecule has 0 aliphatic rings. The van der Waals surface area contributed by atoms with Crippen molar-refractivity contribution in [1.82, 2.24) is 0 Å². The number of nitrogens with zero attached hydrogens (tertiary/aromatic N) is 1. The van der Waals surface area contributed by atoms with Crippen molar-refractivity contribution in [2.75, 3.05) is 30.8 Å². The van der Waals surface area contributed by atoms with Gasteiger partial charge in [0, 0.05) is 12.7 Å². The van der Waals surface area contributed by atoms with Gasteiger partial charge in [0.15, 0.2) is 11.4 Å². The van der Waals surface area contributed by atoms with Crippen LogP contribution in [0.3, 0.4) is 0 Å². The highest BCUT2D eigenvalue weighted by molar-refractivity contribution is 7.92. The fourth-order valence-electron chi connectivity index (χ4n) is 1.43. The first-order chi connectivity index (χ1) is 9.35. The molecule has 0 unspecified atom stereocenters. The second-order valence-corrected chi connectivity index (χ2v) is 5.58. The number of para-hydroxylation sites is 1. The minimum Gasteiger partial charge on any atom is -0.489 e. The summed E-state index contributed by atoms with van der Waals surface area (Å²) < 4.78 is 35.1. The van der Waals surface area contributed by atoms with E-state index in [2.05, 4.69) is 4.72 Å². The molecule has 0 saturated carbocycles. The summed E-state index contributed by atoms with van der Waals surface area (Å²) in [5.41, 5.74) is -0.555. The van der Waals surface area contributed by atoms with Crippen LogP contribution in [0.25, 0.3) is 0 Å². The lowest BCUT2D eigenvalue weighted by Crippen LogP contribution is -2.14. The molecule has 0 fully saturated rings. The van der Waals surface area contributed by atoms with E-state index in [-0.39, 0.29) is 23.7 Å². The molecule has 0 radical (unpaired) electrons. The van der Waals surface area contributed by atoms with Gasteiger partial charge in [0.25, 0.3) is 5.69 Å². The Hall–Kier alpha value is -1.87. The van der Waals surface area contributed by atoms with Gasteiger partial charge in [-0.1, -0.05) is 6.07 Å². The Bertz CT molecular complexity index is 572. The SMILES string of the molecule is CCOCCOc1cccc([N+](=O)[O-])c1NS(C)(=O)=O. The van der Waals surface area contributed by atoms with Crippen molar-refractivity contribution in [3.05, 3.63) is 28.3 Å². The maximum Gasteiger partial charge on any atom is 0.297 e. The number of rotatable bonds is 8. The van der Waals surface area contributed by atoms with Gasteiger partial charge in [-0.3, -0.25) is 14.8 Å². The standard InChI is InChI=1S/C11H16N2O6S/c1-3-18-7-8-19-10-6-4-5-9(13(14)15)11(10)12-20(2,16)17/h4-6,12H,3,7-8H2,1-2H3. The lowest BCUT2D eigenvalue weighted by atomic mass is 10.2. The lowest BCUT2D eigenvalue weighted by molar-refractivity contribution is -0.384. The Morgan fingerprint density at radius 3 is 2.60 bits per heavy atom. The minimum absolute atomic E-state index is 0.0873. The average Bonchev–Trinajstić information content (AvgIpc) is 2.34. The van der Waals surface area contributed by atoms with Gasteiger partial charge in [-0.25, -0.2) is 8.42 Å². The van der Waals surface area contributed by atoms with E-state index < -0.39 is 14.9 Å². The highest BCUT2D eigenvalue weighted by Crippen LogP contribution is 2.34. The van der Waals surface area contributed by atoms with Crippen LogP contribution < -0.4 is 9.46 Å².